The topological polar surface area (TPSA) is 75.6 Å². The number of phenols is 1. The van der Waals surface area contributed by atoms with Gasteiger partial charge in [-0.05, 0) is 43.9 Å². The average molecular weight is 275 g/mol. The Morgan fingerprint density at radius 1 is 1.25 bits per heavy atom. The molecule has 3 aliphatic carbocycles. The summed E-state index contributed by atoms with van der Waals surface area (Å²) >= 11 is 0. The minimum Gasteiger partial charge on any atom is -0.506 e. The molecule has 0 atom stereocenters. The highest BCUT2D eigenvalue weighted by Crippen LogP contribution is 2.74. The van der Waals surface area contributed by atoms with E-state index in [1.54, 1.807) is 12.1 Å². The van der Waals surface area contributed by atoms with Crippen molar-refractivity contribution in [3.8, 4) is 5.75 Å². The van der Waals surface area contributed by atoms with Gasteiger partial charge in [-0.3, -0.25) is 9.59 Å². The lowest BCUT2D eigenvalue weighted by Gasteiger charge is -2.66. The Morgan fingerprint density at radius 2 is 1.90 bits per heavy atom. The summed E-state index contributed by atoms with van der Waals surface area (Å²) in [6.45, 7) is 1.87. The molecule has 0 saturated heterocycles. The molecule has 5 nitrogen and oxygen atoms in total. The Kier molecular flexibility index (Phi) is 2.58. The molecule has 0 aliphatic heterocycles. The maximum Gasteiger partial charge on any atom is 0.311 e. The summed E-state index contributed by atoms with van der Waals surface area (Å²) < 4.78 is 4.76. The maximum atomic E-state index is 12.3. The lowest BCUT2D eigenvalue weighted by Crippen LogP contribution is -2.69. The van der Waals surface area contributed by atoms with E-state index in [9.17, 15) is 14.7 Å². The van der Waals surface area contributed by atoms with Crippen molar-refractivity contribution in [1.82, 2.24) is 0 Å². The quantitative estimate of drug-likeness (QED) is 0.653. The summed E-state index contributed by atoms with van der Waals surface area (Å²) in [4.78, 5) is 23.8. The Bertz CT molecular complexity index is 588. The standard InChI is InChI=1S/C15H17NO4/c1-9-3-4-10(11(17)5-9)16-12(18)14-6-15(7-14,8-14)13(19)20-2/h3-5,17H,6-8H2,1-2H3,(H,16,18). The number of hydrogen-bond donors (Lipinski definition) is 2. The number of carbonyl (C=O) groups is 2. The summed E-state index contributed by atoms with van der Waals surface area (Å²) in [7, 11) is 1.37. The number of rotatable bonds is 3. The van der Waals surface area contributed by atoms with Crippen molar-refractivity contribution in [3.05, 3.63) is 23.8 Å². The molecule has 5 heteroatoms. The lowest BCUT2D eigenvalue weighted by atomic mass is 9.35. The largest absolute Gasteiger partial charge is 0.506 e. The van der Waals surface area contributed by atoms with Gasteiger partial charge in [-0.2, -0.15) is 0 Å². The van der Waals surface area contributed by atoms with Gasteiger partial charge in [-0.15, -0.1) is 0 Å². The van der Waals surface area contributed by atoms with E-state index in [0.29, 0.717) is 24.9 Å². The average Bonchev–Trinajstić information content (AvgIpc) is 2.29. The molecule has 3 saturated carbocycles. The first-order valence-corrected chi connectivity index (χ1v) is 6.60. The van der Waals surface area contributed by atoms with Gasteiger partial charge in [0.25, 0.3) is 0 Å². The molecule has 2 bridgehead atoms. The summed E-state index contributed by atoms with van der Waals surface area (Å²) in [5.74, 6) is -0.277. The molecule has 1 amide bonds. The van der Waals surface area contributed by atoms with Crippen molar-refractivity contribution >= 4 is 17.6 Å². The van der Waals surface area contributed by atoms with Crippen molar-refractivity contribution in [2.75, 3.05) is 12.4 Å². The Labute approximate surface area is 116 Å². The molecular weight excluding hydrogens is 258 g/mol. The van der Waals surface area contributed by atoms with E-state index in [-0.39, 0.29) is 17.6 Å². The summed E-state index contributed by atoms with van der Waals surface area (Å²) in [5.41, 5.74) is 0.459. The number of hydrogen-bond acceptors (Lipinski definition) is 4. The van der Waals surface area contributed by atoms with Crippen LogP contribution in [0.2, 0.25) is 0 Å². The second kappa shape index (κ2) is 3.98. The Morgan fingerprint density at radius 3 is 2.45 bits per heavy atom. The third-order valence-corrected chi connectivity index (χ3v) is 4.53. The van der Waals surface area contributed by atoms with Gasteiger partial charge in [0.2, 0.25) is 5.91 Å². The summed E-state index contributed by atoms with van der Waals surface area (Å²) in [6.07, 6.45) is 1.64. The Balaban J connectivity index is 1.67. The van der Waals surface area contributed by atoms with Crippen molar-refractivity contribution in [3.63, 3.8) is 0 Å². The van der Waals surface area contributed by atoms with E-state index in [0.717, 1.165) is 5.56 Å². The number of phenolic OH excluding ortho intramolecular Hbond substituents is 1. The van der Waals surface area contributed by atoms with Crippen LogP contribution < -0.4 is 5.32 Å². The molecule has 106 valence electrons. The zero-order valence-electron chi connectivity index (χ0n) is 11.5. The number of ether oxygens (including phenoxy) is 1. The number of aromatic hydroxyl groups is 1. The van der Waals surface area contributed by atoms with Gasteiger partial charge in [-0.1, -0.05) is 6.07 Å². The van der Waals surface area contributed by atoms with E-state index in [1.807, 2.05) is 13.0 Å². The number of anilines is 1. The minimum atomic E-state index is -0.453. The number of amides is 1. The lowest BCUT2D eigenvalue weighted by molar-refractivity contribution is -0.220. The molecule has 4 rings (SSSR count). The number of aryl methyl sites for hydroxylation is 1. The predicted octanol–water partition coefficient (Wildman–Crippen LogP) is 1.98. The maximum absolute atomic E-state index is 12.3. The molecule has 0 unspecified atom stereocenters. The first-order chi connectivity index (χ1) is 9.41. The third-order valence-electron chi connectivity index (χ3n) is 4.53. The van der Waals surface area contributed by atoms with Gasteiger partial charge in [0, 0.05) is 0 Å². The second-order valence-corrected chi connectivity index (χ2v) is 6.06. The van der Waals surface area contributed by atoms with E-state index in [1.165, 1.54) is 7.11 Å². The molecule has 1 aromatic carbocycles. The highest BCUT2D eigenvalue weighted by atomic mass is 16.5. The van der Waals surface area contributed by atoms with Crippen LogP contribution in [-0.2, 0) is 14.3 Å². The minimum absolute atomic E-state index is 0.0626. The fourth-order valence-corrected chi connectivity index (χ4v) is 3.46. The van der Waals surface area contributed by atoms with Crippen LogP contribution in [-0.4, -0.2) is 24.1 Å². The van der Waals surface area contributed by atoms with E-state index < -0.39 is 10.8 Å². The zero-order valence-corrected chi connectivity index (χ0v) is 11.5. The van der Waals surface area contributed by atoms with E-state index in [4.69, 9.17) is 4.74 Å². The fraction of sp³-hybridized carbons (Fsp3) is 0.467. The first kappa shape index (κ1) is 13.0. The van der Waals surface area contributed by atoms with Crippen LogP contribution in [0.15, 0.2) is 18.2 Å². The molecule has 0 heterocycles. The van der Waals surface area contributed by atoms with Crippen LogP contribution in [0.4, 0.5) is 5.69 Å². The van der Waals surface area contributed by atoms with Crippen LogP contribution in [0.3, 0.4) is 0 Å². The van der Waals surface area contributed by atoms with Gasteiger partial charge in [0.05, 0.1) is 23.6 Å². The van der Waals surface area contributed by atoms with E-state index >= 15 is 0 Å². The van der Waals surface area contributed by atoms with Crippen molar-refractivity contribution < 1.29 is 19.4 Å². The number of benzene rings is 1. The van der Waals surface area contributed by atoms with Crippen LogP contribution >= 0.6 is 0 Å². The van der Waals surface area contributed by atoms with Crippen molar-refractivity contribution in [2.45, 2.75) is 26.2 Å². The molecular formula is C15H17NO4. The summed E-state index contributed by atoms with van der Waals surface area (Å²) in [5, 5.41) is 12.5. The van der Waals surface area contributed by atoms with Gasteiger partial charge >= 0.3 is 5.97 Å². The highest BCUT2D eigenvalue weighted by molar-refractivity contribution is 6.01. The molecule has 3 aliphatic rings. The third kappa shape index (κ3) is 1.62. The molecule has 1 aromatic rings. The number of carbonyl (C=O) groups excluding carboxylic acids is 2. The van der Waals surface area contributed by atoms with Crippen LogP contribution in [0.5, 0.6) is 5.75 Å². The van der Waals surface area contributed by atoms with Gasteiger partial charge < -0.3 is 15.2 Å². The fourth-order valence-electron chi connectivity index (χ4n) is 3.46. The van der Waals surface area contributed by atoms with E-state index in [2.05, 4.69) is 5.32 Å². The molecule has 20 heavy (non-hydrogen) atoms. The number of nitrogens with one attached hydrogen (secondary N) is 1. The van der Waals surface area contributed by atoms with Crippen LogP contribution in [0.25, 0.3) is 0 Å². The van der Waals surface area contributed by atoms with Crippen molar-refractivity contribution in [1.29, 1.82) is 0 Å². The zero-order chi connectivity index (χ0) is 14.5. The van der Waals surface area contributed by atoms with Crippen LogP contribution in [0, 0.1) is 17.8 Å². The predicted molar refractivity (Wildman–Crippen MR) is 72.2 cm³/mol. The molecule has 0 aromatic heterocycles. The van der Waals surface area contributed by atoms with Crippen molar-refractivity contribution in [2.24, 2.45) is 10.8 Å². The molecule has 3 fully saturated rings. The Hall–Kier alpha value is -2.04. The SMILES string of the molecule is COC(=O)C12CC(C(=O)Nc3ccc(C)cc3O)(C1)C2. The first-order valence-electron chi connectivity index (χ1n) is 6.60. The monoisotopic (exact) mass is 275 g/mol. The van der Waals surface area contributed by atoms with Crippen LogP contribution in [0.1, 0.15) is 24.8 Å². The normalized spacial score (nSPS) is 29.9. The number of methoxy groups -OCH3 is 1. The number of esters is 1. The second-order valence-electron chi connectivity index (χ2n) is 6.06. The smallest absolute Gasteiger partial charge is 0.311 e. The summed E-state index contributed by atoms with van der Waals surface area (Å²) in [6, 6.07) is 5.12. The molecule has 0 radical (unpaired) electrons. The van der Waals surface area contributed by atoms with Gasteiger partial charge in [0.1, 0.15) is 5.75 Å². The van der Waals surface area contributed by atoms with Gasteiger partial charge in [-0.25, -0.2) is 0 Å². The molecule has 2 N–H and O–H groups in total. The highest BCUT2D eigenvalue weighted by Gasteiger charge is 2.75. The molecule has 0 spiro atoms. The van der Waals surface area contributed by atoms with Gasteiger partial charge in [0.15, 0.2) is 0 Å².